The Morgan fingerprint density at radius 1 is 1.41 bits per heavy atom. The third kappa shape index (κ3) is 2.18. The Hall–Kier alpha value is -1.04. The predicted molar refractivity (Wildman–Crippen MR) is 61.4 cm³/mol. The molecule has 0 aliphatic heterocycles. The molecule has 94 valence electrons. The van der Waals surface area contributed by atoms with E-state index in [0.717, 1.165) is 19.3 Å². The quantitative estimate of drug-likeness (QED) is 0.780. The summed E-state index contributed by atoms with van der Waals surface area (Å²) in [5.74, 6) is 0.697. The second kappa shape index (κ2) is 5.08. The lowest BCUT2D eigenvalue weighted by Crippen LogP contribution is -2.40. The lowest BCUT2D eigenvalue weighted by molar-refractivity contribution is -0.109. The summed E-state index contributed by atoms with van der Waals surface area (Å²) in [5, 5.41) is 9.49. The Kier molecular flexibility index (Phi) is 3.71. The van der Waals surface area contributed by atoms with Crippen LogP contribution in [0.15, 0.2) is 12.3 Å². The van der Waals surface area contributed by atoms with Crippen LogP contribution >= 0.6 is 0 Å². The highest BCUT2D eigenvalue weighted by atomic mass is 16.7. The van der Waals surface area contributed by atoms with Crippen LogP contribution in [0.4, 0.5) is 0 Å². The first-order valence-corrected chi connectivity index (χ1v) is 5.75. The van der Waals surface area contributed by atoms with E-state index in [2.05, 4.69) is 9.97 Å². The summed E-state index contributed by atoms with van der Waals surface area (Å²) < 4.78 is 10.3. The molecule has 1 aliphatic rings. The minimum atomic E-state index is -0.479. The van der Waals surface area contributed by atoms with Crippen LogP contribution in [-0.2, 0) is 14.9 Å². The summed E-state index contributed by atoms with van der Waals surface area (Å²) >= 11 is 0. The van der Waals surface area contributed by atoms with Gasteiger partial charge in [0.05, 0.1) is 17.7 Å². The van der Waals surface area contributed by atoms with Crippen molar-refractivity contribution in [3.05, 3.63) is 23.8 Å². The predicted octanol–water partition coefficient (Wildman–Crippen LogP) is 1.18. The second-order valence-electron chi connectivity index (χ2n) is 4.40. The van der Waals surface area contributed by atoms with E-state index in [0.29, 0.717) is 11.5 Å². The topological polar surface area (TPSA) is 64.5 Å². The number of hydrogen-bond acceptors (Lipinski definition) is 5. The van der Waals surface area contributed by atoms with Crippen LogP contribution in [0.1, 0.15) is 37.1 Å². The van der Waals surface area contributed by atoms with Crippen molar-refractivity contribution in [2.45, 2.75) is 31.0 Å². The minimum Gasteiger partial charge on any atom is -0.395 e. The lowest BCUT2D eigenvalue weighted by Gasteiger charge is -2.38. The Bertz CT molecular complexity index is 370. The molecule has 0 amide bonds. The SMILES string of the molecule is COC(OC)c1ccnc(C2(CO)CCC2)n1. The summed E-state index contributed by atoms with van der Waals surface area (Å²) in [7, 11) is 3.14. The highest BCUT2D eigenvalue weighted by Crippen LogP contribution is 2.41. The molecule has 2 rings (SSSR count). The summed E-state index contributed by atoms with van der Waals surface area (Å²) in [6, 6.07) is 1.77. The van der Waals surface area contributed by atoms with Crippen molar-refractivity contribution in [2.75, 3.05) is 20.8 Å². The Labute approximate surface area is 101 Å². The lowest BCUT2D eigenvalue weighted by atomic mass is 9.68. The maximum absolute atomic E-state index is 9.49. The van der Waals surface area contributed by atoms with Crippen molar-refractivity contribution in [3.8, 4) is 0 Å². The normalized spacial score (nSPS) is 18.1. The molecule has 0 atom stereocenters. The van der Waals surface area contributed by atoms with Crippen LogP contribution in [0.2, 0.25) is 0 Å². The molecule has 1 aromatic heterocycles. The van der Waals surface area contributed by atoms with Crippen molar-refractivity contribution in [2.24, 2.45) is 0 Å². The van der Waals surface area contributed by atoms with Gasteiger partial charge in [-0.25, -0.2) is 9.97 Å². The Balaban J connectivity index is 2.27. The number of aliphatic hydroxyl groups excluding tert-OH is 1. The van der Waals surface area contributed by atoms with Gasteiger partial charge in [-0.15, -0.1) is 0 Å². The zero-order valence-electron chi connectivity index (χ0n) is 10.2. The fraction of sp³-hybridized carbons (Fsp3) is 0.667. The van der Waals surface area contributed by atoms with E-state index in [-0.39, 0.29) is 12.0 Å². The number of aromatic nitrogens is 2. The van der Waals surface area contributed by atoms with E-state index in [4.69, 9.17) is 9.47 Å². The van der Waals surface area contributed by atoms with Crippen molar-refractivity contribution < 1.29 is 14.6 Å². The molecule has 1 saturated carbocycles. The van der Waals surface area contributed by atoms with Crippen molar-refractivity contribution in [3.63, 3.8) is 0 Å². The van der Waals surface area contributed by atoms with Gasteiger partial charge >= 0.3 is 0 Å². The summed E-state index contributed by atoms with van der Waals surface area (Å²) in [6.07, 6.45) is 4.22. The van der Waals surface area contributed by atoms with Crippen molar-refractivity contribution >= 4 is 0 Å². The molecule has 1 N–H and O–H groups in total. The van der Waals surface area contributed by atoms with E-state index in [1.807, 2.05) is 0 Å². The standard InChI is InChI=1S/C12H18N2O3/c1-16-10(17-2)9-4-7-13-11(14-9)12(8-15)5-3-6-12/h4,7,10,15H,3,5-6,8H2,1-2H3. The molecule has 0 unspecified atom stereocenters. The fourth-order valence-electron chi connectivity index (χ4n) is 2.15. The van der Waals surface area contributed by atoms with E-state index >= 15 is 0 Å². The number of nitrogens with zero attached hydrogens (tertiary/aromatic N) is 2. The molecule has 1 fully saturated rings. The number of ether oxygens (including phenoxy) is 2. The maximum Gasteiger partial charge on any atom is 0.200 e. The van der Waals surface area contributed by atoms with Crippen LogP contribution in [0.5, 0.6) is 0 Å². The summed E-state index contributed by atoms with van der Waals surface area (Å²) in [6.45, 7) is 0.0983. The third-order valence-electron chi connectivity index (χ3n) is 3.43. The zero-order valence-corrected chi connectivity index (χ0v) is 10.2. The zero-order chi connectivity index (χ0) is 12.3. The largest absolute Gasteiger partial charge is 0.395 e. The van der Waals surface area contributed by atoms with Crippen LogP contribution < -0.4 is 0 Å². The van der Waals surface area contributed by atoms with Crippen molar-refractivity contribution in [1.29, 1.82) is 0 Å². The molecule has 1 aliphatic carbocycles. The van der Waals surface area contributed by atoms with Crippen LogP contribution in [-0.4, -0.2) is 35.9 Å². The van der Waals surface area contributed by atoms with Crippen LogP contribution in [0.25, 0.3) is 0 Å². The molecular weight excluding hydrogens is 220 g/mol. The average Bonchev–Trinajstić information content (AvgIpc) is 2.31. The molecule has 0 radical (unpaired) electrons. The molecule has 1 heterocycles. The van der Waals surface area contributed by atoms with Gasteiger partial charge in [-0.1, -0.05) is 6.42 Å². The first-order chi connectivity index (χ1) is 8.25. The van der Waals surface area contributed by atoms with Crippen molar-refractivity contribution in [1.82, 2.24) is 9.97 Å². The van der Waals surface area contributed by atoms with Gasteiger partial charge in [0.25, 0.3) is 0 Å². The Morgan fingerprint density at radius 3 is 2.59 bits per heavy atom. The fourth-order valence-corrected chi connectivity index (χ4v) is 2.15. The monoisotopic (exact) mass is 238 g/mol. The molecule has 5 nitrogen and oxygen atoms in total. The highest BCUT2D eigenvalue weighted by Gasteiger charge is 2.41. The first kappa shape index (κ1) is 12.4. The molecule has 5 heteroatoms. The summed E-state index contributed by atoms with van der Waals surface area (Å²) in [5.41, 5.74) is 0.446. The van der Waals surface area contributed by atoms with E-state index in [9.17, 15) is 5.11 Å². The molecule has 0 saturated heterocycles. The van der Waals surface area contributed by atoms with Gasteiger partial charge in [-0.05, 0) is 18.9 Å². The van der Waals surface area contributed by atoms with Gasteiger partial charge in [0.1, 0.15) is 5.82 Å². The van der Waals surface area contributed by atoms with E-state index < -0.39 is 6.29 Å². The smallest absolute Gasteiger partial charge is 0.200 e. The molecular formula is C12H18N2O3. The van der Waals surface area contributed by atoms with Gasteiger partial charge in [0, 0.05) is 20.4 Å². The van der Waals surface area contributed by atoms with Crippen LogP contribution in [0.3, 0.4) is 0 Å². The van der Waals surface area contributed by atoms with Gasteiger partial charge in [-0.3, -0.25) is 0 Å². The number of rotatable bonds is 5. The molecule has 1 aromatic rings. The average molecular weight is 238 g/mol. The molecule has 0 aromatic carbocycles. The maximum atomic E-state index is 9.49. The molecule has 17 heavy (non-hydrogen) atoms. The van der Waals surface area contributed by atoms with Crippen LogP contribution in [0, 0.1) is 0 Å². The van der Waals surface area contributed by atoms with Gasteiger partial charge in [0.2, 0.25) is 6.29 Å². The molecule has 0 bridgehead atoms. The number of aliphatic hydroxyl groups is 1. The van der Waals surface area contributed by atoms with E-state index in [1.54, 1.807) is 26.5 Å². The number of methoxy groups -OCH3 is 2. The minimum absolute atomic E-state index is 0.0983. The van der Waals surface area contributed by atoms with E-state index in [1.165, 1.54) is 0 Å². The van der Waals surface area contributed by atoms with Gasteiger partial charge < -0.3 is 14.6 Å². The third-order valence-corrected chi connectivity index (χ3v) is 3.43. The first-order valence-electron chi connectivity index (χ1n) is 5.75. The number of hydrogen-bond donors (Lipinski definition) is 1. The van der Waals surface area contributed by atoms with Gasteiger partial charge in [-0.2, -0.15) is 0 Å². The molecule has 0 spiro atoms. The summed E-state index contributed by atoms with van der Waals surface area (Å²) in [4.78, 5) is 8.73. The second-order valence-corrected chi connectivity index (χ2v) is 4.40. The van der Waals surface area contributed by atoms with Gasteiger partial charge in [0.15, 0.2) is 0 Å². The Morgan fingerprint density at radius 2 is 2.12 bits per heavy atom. The highest BCUT2D eigenvalue weighted by molar-refractivity contribution is 5.16.